The summed E-state index contributed by atoms with van der Waals surface area (Å²) in [5, 5.41) is 0. The summed E-state index contributed by atoms with van der Waals surface area (Å²) in [6.45, 7) is 23.7. The van der Waals surface area contributed by atoms with E-state index in [1.165, 1.54) is 0 Å². The summed E-state index contributed by atoms with van der Waals surface area (Å²) in [5.74, 6) is 0. The van der Waals surface area contributed by atoms with Crippen LogP contribution in [0.2, 0.25) is 0 Å². The molecule has 0 aromatic heterocycles. The Bertz CT molecular complexity index is 295. The average molecular weight is 345 g/mol. The molecule has 0 aromatic rings. The lowest BCUT2D eigenvalue weighted by Crippen LogP contribution is -2.44. The van der Waals surface area contributed by atoms with E-state index in [4.69, 9.17) is 14.2 Å². The lowest BCUT2D eigenvalue weighted by atomic mass is 9.86. The lowest BCUT2D eigenvalue weighted by molar-refractivity contribution is -0.158. The van der Waals surface area contributed by atoms with Crippen LogP contribution in [0.15, 0.2) is 0 Å². The van der Waals surface area contributed by atoms with E-state index in [0.29, 0.717) is 19.8 Å². The van der Waals surface area contributed by atoms with Crippen LogP contribution in [0.3, 0.4) is 0 Å². The van der Waals surface area contributed by atoms with Crippen molar-refractivity contribution in [2.45, 2.75) is 112 Å². The molecule has 0 aliphatic carbocycles. The van der Waals surface area contributed by atoms with Gasteiger partial charge in [0.1, 0.15) is 0 Å². The van der Waals surface area contributed by atoms with Crippen molar-refractivity contribution in [1.29, 1.82) is 0 Å². The molecule has 146 valence electrons. The Morgan fingerprint density at radius 2 is 0.708 bits per heavy atom. The SMILES string of the molecule is CCC(COC(C)(C)CC)(COC(C)(C)CC)COC(C)(C)CC. The van der Waals surface area contributed by atoms with Gasteiger partial charge in [-0.1, -0.05) is 27.7 Å². The average Bonchev–Trinajstić information content (AvgIpc) is 2.55. The van der Waals surface area contributed by atoms with Crippen LogP contribution in [0.1, 0.15) is 94.9 Å². The highest BCUT2D eigenvalue weighted by Gasteiger charge is 2.35. The van der Waals surface area contributed by atoms with Crippen LogP contribution < -0.4 is 0 Å². The van der Waals surface area contributed by atoms with E-state index < -0.39 is 0 Å². The van der Waals surface area contributed by atoms with Crippen molar-refractivity contribution in [3.63, 3.8) is 0 Å². The zero-order chi connectivity index (χ0) is 19.1. The Morgan fingerprint density at radius 1 is 0.458 bits per heavy atom. The van der Waals surface area contributed by atoms with Gasteiger partial charge in [0.2, 0.25) is 0 Å². The van der Waals surface area contributed by atoms with Gasteiger partial charge in [-0.2, -0.15) is 0 Å². The summed E-state index contributed by atoms with van der Waals surface area (Å²) in [7, 11) is 0. The molecule has 0 saturated heterocycles. The van der Waals surface area contributed by atoms with Crippen molar-refractivity contribution in [3.8, 4) is 0 Å². The molecule has 0 spiro atoms. The first-order valence-electron chi connectivity index (χ1n) is 9.78. The van der Waals surface area contributed by atoms with Crippen LogP contribution >= 0.6 is 0 Å². The second-order valence-electron chi connectivity index (χ2n) is 9.06. The summed E-state index contributed by atoms with van der Waals surface area (Å²) in [6.07, 6.45) is 3.96. The van der Waals surface area contributed by atoms with Crippen LogP contribution in [0.5, 0.6) is 0 Å². The highest BCUT2D eigenvalue weighted by Crippen LogP contribution is 2.31. The van der Waals surface area contributed by atoms with E-state index in [0.717, 1.165) is 25.7 Å². The molecular formula is C21H44O3. The van der Waals surface area contributed by atoms with Crippen LogP contribution in [0.25, 0.3) is 0 Å². The first-order chi connectivity index (χ1) is 10.9. The van der Waals surface area contributed by atoms with Gasteiger partial charge in [0.15, 0.2) is 0 Å². The van der Waals surface area contributed by atoms with Gasteiger partial charge in [0.05, 0.1) is 36.6 Å². The fourth-order valence-corrected chi connectivity index (χ4v) is 1.78. The molecule has 0 atom stereocenters. The zero-order valence-electron chi connectivity index (χ0n) is 18.2. The molecule has 0 unspecified atom stereocenters. The first kappa shape index (κ1) is 23.9. The minimum Gasteiger partial charge on any atom is -0.375 e. The van der Waals surface area contributed by atoms with Gasteiger partial charge >= 0.3 is 0 Å². The Morgan fingerprint density at radius 3 is 0.875 bits per heavy atom. The van der Waals surface area contributed by atoms with E-state index in [1.54, 1.807) is 0 Å². The topological polar surface area (TPSA) is 27.7 Å². The fourth-order valence-electron chi connectivity index (χ4n) is 1.78. The molecule has 0 saturated carbocycles. The second kappa shape index (κ2) is 9.54. The first-order valence-corrected chi connectivity index (χ1v) is 9.78. The van der Waals surface area contributed by atoms with Crippen molar-refractivity contribution in [1.82, 2.24) is 0 Å². The van der Waals surface area contributed by atoms with Gasteiger partial charge in [-0.3, -0.25) is 0 Å². The van der Waals surface area contributed by atoms with Crippen LogP contribution in [-0.2, 0) is 14.2 Å². The maximum absolute atomic E-state index is 6.27. The highest BCUT2D eigenvalue weighted by molar-refractivity contribution is 4.83. The van der Waals surface area contributed by atoms with Gasteiger partial charge in [-0.15, -0.1) is 0 Å². The van der Waals surface area contributed by atoms with E-state index in [-0.39, 0.29) is 22.2 Å². The fraction of sp³-hybridized carbons (Fsp3) is 1.00. The maximum atomic E-state index is 6.27. The number of rotatable bonds is 13. The summed E-state index contributed by atoms with van der Waals surface area (Å²) in [5.41, 5.74) is -0.436. The van der Waals surface area contributed by atoms with E-state index in [2.05, 4.69) is 69.2 Å². The van der Waals surface area contributed by atoms with Crippen molar-refractivity contribution in [3.05, 3.63) is 0 Å². The largest absolute Gasteiger partial charge is 0.375 e. The molecule has 0 N–H and O–H groups in total. The van der Waals surface area contributed by atoms with Crippen LogP contribution in [0.4, 0.5) is 0 Å². The van der Waals surface area contributed by atoms with E-state index >= 15 is 0 Å². The second-order valence-corrected chi connectivity index (χ2v) is 9.06. The number of hydrogen-bond donors (Lipinski definition) is 0. The van der Waals surface area contributed by atoms with Crippen LogP contribution in [0, 0.1) is 5.41 Å². The normalized spacial score (nSPS) is 14.2. The molecule has 24 heavy (non-hydrogen) atoms. The Balaban J connectivity index is 5.13. The molecule has 0 aromatic carbocycles. The van der Waals surface area contributed by atoms with Gasteiger partial charge in [-0.25, -0.2) is 0 Å². The molecule has 0 fully saturated rings. The van der Waals surface area contributed by atoms with Gasteiger partial charge in [0.25, 0.3) is 0 Å². The van der Waals surface area contributed by atoms with Crippen molar-refractivity contribution in [2.75, 3.05) is 19.8 Å². The molecule has 0 rings (SSSR count). The predicted octanol–water partition coefficient (Wildman–Crippen LogP) is 6.00. The summed E-state index contributed by atoms with van der Waals surface area (Å²) >= 11 is 0. The van der Waals surface area contributed by atoms with Crippen LogP contribution in [-0.4, -0.2) is 36.6 Å². The smallest absolute Gasteiger partial charge is 0.0624 e. The summed E-state index contributed by atoms with van der Waals surface area (Å²) < 4.78 is 18.8. The molecule has 0 bridgehead atoms. The molecule has 3 heteroatoms. The standard InChI is InChI=1S/C21H44O3/c1-11-18(5,6)22-15-21(14-4,16-23-19(7,8)12-2)17-24-20(9,10)13-3/h11-17H2,1-10H3. The third kappa shape index (κ3) is 8.82. The minimum atomic E-state index is -0.110. The Kier molecular flexibility index (Phi) is 9.49. The zero-order valence-corrected chi connectivity index (χ0v) is 18.2. The Hall–Kier alpha value is -0.120. The molecule has 0 amide bonds. The third-order valence-electron chi connectivity index (χ3n) is 5.61. The molecule has 0 aliphatic rings. The summed E-state index contributed by atoms with van der Waals surface area (Å²) in [6, 6.07) is 0. The predicted molar refractivity (Wildman–Crippen MR) is 104 cm³/mol. The van der Waals surface area contributed by atoms with Gasteiger partial charge in [-0.05, 0) is 67.2 Å². The lowest BCUT2D eigenvalue weighted by Gasteiger charge is -2.40. The van der Waals surface area contributed by atoms with E-state index in [9.17, 15) is 0 Å². The minimum absolute atomic E-state index is 0.106. The molecule has 3 nitrogen and oxygen atoms in total. The number of hydrogen-bond acceptors (Lipinski definition) is 3. The van der Waals surface area contributed by atoms with Crippen molar-refractivity contribution >= 4 is 0 Å². The van der Waals surface area contributed by atoms with Crippen molar-refractivity contribution in [2.24, 2.45) is 5.41 Å². The van der Waals surface area contributed by atoms with E-state index in [1.807, 2.05) is 0 Å². The molecule has 0 aliphatic heterocycles. The maximum Gasteiger partial charge on any atom is 0.0624 e. The third-order valence-corrected chi connectivity index (χ3v) is 5.61. The quantitative estimate of drug-likeness (QED) is 0.410. The molecular weight excluding hydrogens is 300 g/mol. The Labute approximate surface area is 151 Å². The number of ether oxygens (including phenoxy) is 3. The van der Waals surface area contributed by atoms with Gasteiger partial charge in [0, 0.05) is 5.41 Å². The van der Waals surface area contributed by atoms with Crippen molar-refractivity contribution < 1.29 is 14.2 Å². The molecule has 0 radical (unpaired) electrons. The summed E-state index contributed by atoms with van der Waals surface area (Å²) in [4.78, 5) is 0. The highest BCUT2D eigenvalue weighted by atomic mass is 16.5. The molecule has 0 heterocycles. The monoisotopic (exact) mass is 344 g/mol. The van der Waals surface area contributed by atoms with Gasteiger partial charge < -0.3 is 14.2 Å².